The van der Waals surface area contributed by atoms with Gasteiger partial charge in [-0.1, -0.05) is 54.6 Å². The second-order valence-corrected chi connectivity index (χ2v) is 10.3. The van der Waals surface area contributed by atoms with Gasteiger partial charge >= 0.3 is 6.09 Å². The van der Waals surface area contributed by atoms with Crippen molar-refractivity contribution in [1.29, 1.82) is 0 Å². The molecule has 0 saturated carbocycles. The summed E-state index contributed by atoms with van der Waals surface area (Å²) in [7, 11) is 0. The van der Waals surface area contributed by atoms with E-state index >= 15 is 0 Å². The molecule has 2 saturated heterocycles. The molecule has 5 heteroatoms. The molecule has 0 spiro atoms. The molecule has 2 atom stereocenters. The quantitative estimate of drug-likeness (QED) is 0.489. The first kappa shape index (κ1) is 22.3. The highest BCUT2D eigenvalue weighted by molar-refractivity contribution is 5.79. The molecule has 35 heavy (non-hydrogen) atoms. The summed E-state index contributed by atoms with van der Waals surface area (Å²) in [5, 5.41) is 11.6. The highest BCUT2D eigenvalue weighted by atomic mass is 19.1. The Hall–Kier alpha value is -3.18. The molecule has 2 heterocycles. The van der Waals surface area contributed by atoms with E-state index in [0.29, 0.717) is 18.4 Å². The number of nitrogens with zero attached hydrogens (tertiary/aromatic N) is 1. The van der Waals surface area contributed by atoms with E-state index in [1.54, 1.807) is 6.07 Å². The molecule has 6 rings (SSSR count). The number of benzene rings is 3. The van der Waals surface area contributed by atoms with Crippen LogP contribution in [0.5, 0.6) is 0 Å². The van der Waals surface area contributed by atoms with Crippen LogP contribution in [-0.2, 0) is 10.3 Å². The number of ether oxygens (including phenoxy) is 1. The van der Waals surface area contributed by atoms with Crippen molar-refractivity contribution in [3.05, 3.63) is 94.8 Å². The number of hydrogen-bond donors (Lipinski definition) is 1. The highest BCUT2D eigenvalue weighted by Gasteiger charge is 2.49. The van der Waals surface area contributed by atoms with E-state index in [2.05, 4.69) is 24.3 Å². The van der Waals surface area contributed by atoms with Crippen LogP contribution in [0.3, 0.4) is 0 Å². The minimum Gasteiger partial charge on any atom is -0.448 e. The largest absolute Gasteiger partial charge is 0.448 e. The van der Waals surface area contributed by atoms with Gasteiger partial charge in [0.2, 0.25) is 0 Å². The minimum atomic E-state index is -1.14. The lowest BCUT2D eigenvalue weighted by molar-refractivity contribution is -0.0895. The molecule has 0 radical (unpaired) electrons. The maximum Gasteiger partial charge on any atom is 0.410 e. The lowest BCUT2D eigenvalue weighted by atomic mass is 9.72. The number of halogens is 1. The van der Waals surface area contributed by atoms with Crippen molar-refractivity contribution in [1.82, 2.24) is 4.90 Å². The summed E-state index contributed by atoms with van der Waals surface area (Å²) in [5.41, 5.74) is 5.17. The first-order chi connectivity index (χ1) is 16.9. The topological polar surface area (TPSA) is 49.8 Å². The van der Waals surface area contributed by atoms with Gasteiger partial charge in [-0.05, 0) is 71.7 Å². The van der Waals surface area contributed by atoms with Crippen molar-refractivity contribution in [2.45, 2.75) is 62.6 Å². The zero-order chi connectivity index (χ0) is 24.2. The SMILES string of the molecule is Cc1ccc(F)cc1C1(O)CC2CCCC(C1)N2C(=O)OCC1c2ccccc2-c2ccccc21. The van der Waals surface area contributed by atoms with Crippen LogP contribution in [0.15, 0.2) is 66.7 Å². The second kappa shape index (κ2) is 8.49. The van der Waals surface area contributed by atoms with Gasteiger partial charge in [0, 0.05) is 30.8 Å². The Labute approximate surface area is 205 Å². The van der Waals surface area contributed by atoms with E-state index in [1.807, 2.05) is 36.1 Å². The molecule has 1 aliphatic carbocycles. The molecule has 3 aromatic carbocycles. The normalized spacial score (nSPS) is 25.2. The molecule has 3 aliphatic rings. The van der Waals surface area contributed by atoms with Gasteiger partial charge in [0.1, 0.15) is 12.4 Å². The summed E-state index contributed by atoms with van der Waals surface area (Å²) in [6.07, 6.45) is 3.14. The van der Waals surface area contributed by atoms with Crippen LogP contribution >= 0.6 is 0 Å². The van der Waals surface area contributed by atoms with Gasteiger partial charge in [-0.25, -0.2) is 9.18 Å². The first-order valence-corrected chi connectivity index (χ1v) is 12.6. The number of aliphatic hydroxyl groups is 1. The minimum absolute atomic E-state index is 0.0165. The van der Waals surface area contributed by atoms with E-state index in [9.17, 15) is 14.3 Å². The van der Waals surface area contributed by atoms with E-state index in [0.717, 1.165) is 24.8 Å². The summed E-state index contributed by atoms with van der Waals surface area (Å²) in [4.78, 5) is 15.3. The van der Waals surface area contributed by atoms with Gasteiger partial charge in [-0.3, -0.25) is 0 Å². The van der Waals surface area contributed by atoms with Crippen LogP contribution in [0.2, 0.25) is 0 Å². The summed E-state index contributed by atoms with van der Waals surface area (Å²) in [5.74, 6) is -0.328. The summed E-state index contributed by atoms with van der Waals surface area (Å²) in [6.45, 7) is 2.19. The molecule has 1 N–H and O–H groups in total. The maximum atomic E-state index is 14.0. The van der Waals surface area contributed by atoms with E-state index in [-0.39, 0.29) is 36.5 Å². The van der Waals surface area contributed by atoms with Crippen molar-refractivity contribution >= 4 is 6.09 Å². The Kier molecular flexibility index (Phi) is 5.41. The molecule has 180 valence electrons. The molecule has 0 aromatic heterocycles. The van der Waals surface area contributed by atoms with Gasteiger partial charge < -0.3 is 14.7 Å². The zero-order valence-corrected chi connectivity index (χ0v) is 19.9. The van der Waals surface area contributed by atoms with Gasteiger partial charge in [-0.2, -0.15) is 0 Å². The number of carbonyl (C=O) groups is 1. The molecule has 2 fully saturated rings. The zero-order valence-electron chi connectivity index (χ0n) is 19.9. The number of rotatable bonds is 3. The smallest absolute Gasteiger partial charge is 0.410 e. The summed E-state index contributed by atoms with van der Waals surface area (Å²) >= 11 is 0. The highest BCUT2D eigenvalue weighted by Crippen LogP contribution is 2.47. The van der Waals surface area contributed by atoms with Crippen molar-refractivity contribution in [2.24, 2.45) is 0 Å². The predicted octanol–water partition coefficient (Wildman–Crippen LogP) is 6.29. The fourth-order valence-corrected chi connectivity index (χ4v) is 6.71. The fraction of sp³-hybridized carbons (Fsp3) is 0.367. The van der Waals surface area contributed by atoms with Crippen molar-refractivity contribution < 1.29 is 19.0 Å². The van der Waals surface area contributed by atoms with Crippen LogP contribution in [0.4, 0.5) is 9.18 Å². The van der Waals surface area contributed by atoms with Crippen LogP contribution in [0.1, 0.15) is 60.3 Å². The average Bonchev–Trinajstić information content (AvgIpc) is 3.17. The molecular weight excluding hydrogens is 441 g/mol. The number of hydrogen-bond acceptors (Lipinski definition) is 3. The lowest BCUT2D eigenvalue weighted by Gasteiger charge is -2.51. The van der Waals surface area contributed by atoms with Crippen molar-refractivity contribution in [3.8, 4) is 11.1 Å². The molecule has 2 unspecified atom stereocenters. The van der Waals surface area contributed by atoms with Crippen molar-refractivity contribution in [2.75, 3.05) is 6.61 Å². The van der Waals surface area contributed by atoms with Gasteiger partial charge in [0.15, 0.2) is 0 Å². The molecule has 3 aromatic rings. The van der Waals surface area contributed by atoms with Gasteiger partial charge in [0.05, 0.1) is 5.60 Å². The van der Waals surface area contributed by atoms with E-state index in [1.165, 1.54) is 34.4 Å². The molecule has 1 amide bonds. The number of amides is 1. The Balaban J connectivity index is 1.22. The molecule has 2 bridgehead atoms. The predicted molar refractivity (Wildman–Crippen MR) is 133 cm³/mol. The first-order valence-electron chi connectivity index (χ1n) is 12.6. The van der Waals surface area contributed by atoms with Crippen LogP contribution in [0, 0.1) is 12.7 Å². The number of fused-ring (bicyclic) bond motifs is 5. The van der Waals surface area contributed by atoms with E-state index < -0.39 is 5.60 Å². The van der Waals surface area contributed by atoms with E-state index in [4.69, 9.17) is 4.74 Å². The molecule has 4 nitrogen and oxygen atoms in total. The molecular formula is C30H30FNO3. The monoisotopic (exact) mass is 471 g/mol. The van der Waals surface area contributed by atoms with Gasteiger partial charge in [0.25, 0.3) is 0 Å². The van der Waals surface area contributed by atoms with Crippen LogP contribution in [-0.4, -0.2) is 34.8 Å². The Bertz CT molecular complexity index is 1230. The third-order valence-corrected chi connectivity index (χ3v) is 8.26. The molecule has 2 aliphatic heterocycles. The summed E-state index contributed by atoms with van der Waals surface area (Å²) in [6, 6.07) is 21.0. The van der Waals surface area contributed by atoms with Gasteiger partial charge in [-0.15, -0.1) is 0 Å². The Morgan fingerprint density at radius 3 is 2.23 bits per heavy atom. The summed E-state index contributed by atoms with van der Waals surface area (Å²) < 4.78 is 20.0. The van der Waals surface area contributed by atoms with Crippen LogP contribution in [0.25, 0.3) is 11.1 Å². The third kappa shape index (κ3) is 3.73. The fourth-order valence-electron chi connectivity index (χ4n) is 6.71. The number of carbonyl (C=O) groups excluding carboxylic acids is 1. The standard InChI is InChI=1S/C30H30FNO3/c1-19-13-14-20(31)15-28(19)30(34)16-21-7-6-8-22(17-30)32(21)29(33)35-18-27-25-11-4-2-9-23(25)24-10-3-5-12-26(24)27/h2-5,9-15,21-22,27,34H,6-8,16-18H2,1H3. The second-order valence-electron chi connectivity index (χ2n) is 10.3. The van der Waals surface area contributed by atoms with Crippen molar-refractivity contribution in [3.63, 3.8) is 0 Å². The number of aryl methyl sites for hydroxylation is 1. The van der Waals surface area contributed by atoms with Crippen LogP contribution < -0.4 is 0 Å². The Morgan fingerprint density at radius 2 is 1.60 bits per heavy atom. The number of piperidine rings is 2. The average molecular weight is 472 g/mol. The lowest BCUT2D eigenvalue weighted by Crippen LogP contribution is -2.59. The third-order valence-electron chi connectivity index (χ3n) is 8.26. The Morgan fingerprint density at radius 1 is 1.00 bits per heavy atom. The maximum absolute atomic E-state index is 14.0.